The highest BCUT2D eigenvalue weighted by Crippen LogP contribution is 2.31. The van der Waals surface area contributed by atoms with Crippen molar-refractivity contribution in [2.24, 2.45) is 0 Å². The Bertz CT molecular complexity index is 654. The zero-order valence-electron chi connectivity index (χ0n) is 12.5. The summed E-state index contributed by atoms with van der Waals surface area (Å²) in [7, 11) is 2.13. The molecule has 0 saturated carbocycles. The molecule has 7 heteroatoms. The number of rotatable bonds is 3. The van der Waals surface area contributed by atoms with E-state index in [1.54, 1.807) is 6.33 Å². The zero-order valence-corrected chi connectivity index (χ0v) is 14.0. The number of nitrogen functional groups attached to an aromatic ring is 1. The molecule has 0 radical (unpaired) electrons. The molecule has 3 rings (SSSR count). The fourth-order valence-electron chi connectivity index (χ4n) is 2.45. The lowest BCUT2D eigenvalue weighted by molar-refractivity contribution is 0.312. The van der Waals surface area contributed by atoms with Crippen molar-refractivity contribution in [3.8, 4) is 0 Å². The van der Waals surface area contributed by atoms with E-state index in [0.717, 1.165) is 42.2 Å². The normalized spacial score (nSPS) is 15.8. The van der Waals surface area contributed by atoms with E-state index < -0.39 is 0 Å². The molecule has 1 aromatic heterocycles. The molecule has 1 aromatic carbocycles. The maximum absolute atomic E-state index is 6.29. The Labute approximate surface area is 138 Å². The Morgan fingerprint density at radius 1 is 1.14 bits per heavy atom. The van der Waals surface area contributed by atoms with Gasteiger partial charge in [-0.05, 0) is 35.1 Å². The highest BCUT2D eigenvalue weighted by atomic mass is 79.9. The molecule has 2 heterocycles. The second-order valence-electron chi connectivity index (χ2n) is 5.35. The molecule has 116 valence electrons. The number of hydrogen-bond donors (Lipinski definition) is 2. The van der Waals surface area contributed by atoms with Crippen LogP contribution in [0.4, 0.5) is 23.0 Å². The predicted octanol–water partition coefficient (Wildman–Crippen LogP) is 2.32. The summed E-state index contributed by atoms with van der Waals surface area (Å²) in [6.45, 7) is 3.87. The number of nitrogens with one attached hydrogen (secondary N) is 1. The summed E-state index contributed by atoms with van der Waals surface area (Å²) in [6.07, 6.45) is 1.56. The van der Waals surface area contributed by atoms with Crippen LogP contribution in [-0.4, -0.2) is 48.1 Å². The van der Waals surface area contributed by atoms with Crippen molar-refractivity contribution in [2.45, 2.75) is 0 Å². The zero-order chi connectivity index (χ0) is 15.5. The number of likely N-dealkylation sites (N-methyl/N-ethyl adjacent to an activating group) is 1. The van der Waals surface area contributed by atoms with Gasteiger partial charge in [-0.15, -0.1) is 0 Å². The molecule has 0 bridgehead atoms. The molecule has 1 aliphatic rings. The van der Waals surface area contributed by atoms with E-state index in [4.69, 9.17) is 5.73 Å². The average Bonchev–Trinajstić information content (AvgIpc) is 2.52. The molecule has 0 aliphatic carbocycles. The third-order valence-corrected chi connectivity index (χ3v) is 4.48. The van der Waals surface area contributed by atoms with Crippen LogP contribution in [0.25, 0.3) is 0 Å². The van der Waals surface area contributed by atoms with Crippen molar-refractivity contribution in [1.82, 2.24) is 14.9 Å². The molecule has 0 amide bonds. The van der Waals surface area contributed by atoms with Crippen LogP contribution in [0.15, 0.2) is 35.1 Å². The van der Waals surface area contributed by atoms with Crippen LogP contribution < -0.4 is 16.0 Å². The second-order valence-corrected chi connectivity index (χ2v) is 6.21. The molecule has 6 nitrogen and oxygen atoms in total. The largest absolute Gasteiger partial charge is 0.393 e. The summed E-state index contributed by atoms with van der Waals surface area (Å²) >= 11 is 3.52. The topological polar surface area (TPSA) is 70.3 Å². The summed E-state index contributed by atoms with van der Waals surface area (Å²) in [5.41, 5.74) is 7.80. The minimum Gasteiger partial charge on any atom is -0.393 e. The quantitative estimate of drug-likeness (QED) is 0.872. The van der Waals surface area contributed by atoms with Gasteiger partial charge in [0.1, 0.15) is 12.0 Å². The number of nitrogens with two attached hydrogens (primary N) is 1. The lowest BCUT2D eigenvalue weighted by atomic mass is 10.3. The Morgan fingerprint density at radius 3 is 2.59 bits per heavy atom. The first kappa shape index (κ1) is 15.1. The van der Waals surface area contributed by atoms with Crippen LogP contribution >= 0.6 is 15.9 Å². The average molecular weight is 363 g/mol. The number of hydrogen-bond acceptors (Lipinski definition) is 6. The SMILES string of the molecule is CN1CCN(c2ncnc(Nc3ccccc3Br)c2N)CC1. The number of benzene rings is 1. The van der Waals surface area contributed by atoms with Crippen LogP contribution in [-0.2, 0) is 0 Å². The van der Waals surface area contributed by atoms with Crippen molar-refractivity contribution < 1.29 is 0 Å². The van der Waals surface area contributed by atoms with Crippen LogP contribution in [0.2, 0.25) is 0 Å². The van der Waals surface area contributed by atoms with Gasteiger partial charge in [-0.2, -0.15) is 0 Å². The van der Waals surface area contributed by atoms with E-state index in [9.17, 15) is 0 Å². The Morgan fingerprint density at radius 2 is 1.86 bits per heavy atom. The number of halogens is 1. The molecule has 0 spiro atoms. The van der Waals surface area contributed by atoms with Crippen molar-refractivity contribution >= 4 is 38.9 Å². The van der Waals surface area contributed by atoms with Gasteiger partial charge < -0.3 is 20.9 Å². The van der Waals surface area contributed by atoms with Gasteiger partial charge in [0, 0.05) is 30.7 Å². The van der Waals surface area contributed by atoms with Crippen LogP contribution in [0, 0.1) is 0 Å². The second kappa shape index (κ2) is 6.50. The first-order valence-corrected chi connectivity index (χ1v) is 8.00. The molecule has 2 aromatic rings. The number of anilines is 4. The van der Waals surface area contributed by atoms with Crippen LogP contribution in [0.3, 0.4) is 0 Å². The van der Waals surface area contributed by atoms with E-state index in [2.05, 4.69) is 48.1 Å². The Hall–Kier alpha value is -1.86. The van der Waals surface area contributed by atoms with Gasteiger partial charge in [-0.3, -0.25) is 0 Å². The first-order chi connectivity index (χ1) is 10.6. The third-order valence-electron chi connectivity index (χ3n) is 3.79. The molecule has 0 atom stereocenters. The Kier molecular flexibility index (Phi) is 4.44. The monoisotopic (exact) mass is 362 g/mol. The maximum atomic E-state index is 6.29. The lowest BCUT2D eigenvalue weighted by Gasteiger charge is -2.33. The van der Waals surface area contributed by atoms with Gasteiger partial charge in [0.25, 0.3) is 0 Å². The van der Waals surface area contributed by atoms with E-state index >= 15 is 0 Å². The van der Waals surface area contributed by atoms with E-state index in [1.165, 1.54) is 0 Å². The fourth-order valence-corrected chi connectivity index (χ4v) is 2.83. The summed E-state index contributed by atoms with van der Waals surface area (Å²) < 4.78 is 0.967. The number of nitrogens with zero attached hydrogens (tertiary/aromatic N) is 4. The van der Waals surface area contributed by atoms with Crippen molar-refractivity contribution in [3.63, 3.8) is 0 Å². The standard InChI is InChI=1S/C15H19BrN6/c1-21-6-8-22(9-7-21)15-13(17)14(18-10-19-15)20-12-5-3-2-4-11(12)16/h2-5,10H,6-9,17H2,1H3,(H,18,19,20). The minimum absolute atomic E-state index is 0.586. The molecule has 1 fully saturated rings. The summed E-state index contributed by atoms with van der Waals surface area (Å²) in [6, 6.07) is 7.88. The van der Waals surface area contributed by atoms with Gasteiger partial charge in [0.15, 0.2) is 11.6 Å². The van der Waals surface area contributed by atoms with Gasteiger partial charge in [0.2, 0.25) is 0 Å². The highest BCUT2D eigenvalue weighted by Gasteiger charge is 2.19. The van der Waals surface area contributed by atoms with Crippen LogP contribution in [0.1, 0.15) is 0 Å². The molecular weight excluding hydrogens is 344 g/mol. The molecule has 0 unspecified atom stereocenters. The molecular formula is C15H19BrN6. The van der Waals surface area contributed by atoms with Gasteiger partial charge in [-0.25, -0.2) is 9.97 Å². The smallest absolute Gasteiger partial charge is 0.159 e. The van der Waals surface area contributed by atoms with Crippen LogP contribution in [0.5, 0.6) is 0 Å². The number of piperazine rings is 1. The van der Waals surface area contributed by atoms with Crippen molar-refractivity contribution in [1.29, 1.82) is 0 Å². The number of para-hydroxylation sites is 1. The van der Waals surface area contributed by atoms with Gasteiger partial charge in [-0.1, -0.05) is 12.1 Å². The molecule has 1 aliphatic heterocycles. The lowest BCUT2D eigenvalue weighted by Crippen LogP contribution is -2.45. The third kappa shape index (κ3) is 3.15. The summed E-state index contributed by atoms with van der Waals surface area (Å²) in [4.78, 5) is 13.2. The van der Waals surface area contributed by atoms with Crippen molar-refractivity contribution in [3.05, 3.63) is 35.1 Å². The first-order valence-electron chi connectivity index (χ1n) is 7.20. The summed E-state index contributed by atoms with van der Waals surface area (Å²) in [5, 5.41) is 3.27. The maximum Gasteiger partial charge on any atom is 0.159 e. The van der Waals surface area contributed by atoms with Gasteiger partial charge >= 0.3 is 0 Å². The number of aromatic nitrogens is 2. The minimum atomic E-state index is 0.586. The predicted molar refractivity (Wildman–Crippen MR) is 93.6 cm³/mol. The summed E-state index contributed by atoms with van der Waals surface area (Å²) in [5.74, 6) is 1.44. The molecule has 22 heavy (non-hydrogen) atoms. The molecule has 1 saturated heterocycles. The van der Waals surface area contributed by atoms with E-state index in [1.807, 2.05) is 24.3 Å². The van der Waals surface area contributed by atoms with E-state index in [0.29, 0.717) is 11.5 Å². The molecule has 3 N–H and O–H groups in total. The fraction of sp³-hybridized carbons (Fsp3) is 0.333. The Balaban J connectivity index is 1.84. The van der Waals surface area contributed by atoms with Gasteiger partial charge in [0.05, 0.1) is 5.69 Å². The highest BCUT2D eigenvalue weighted by molar-refractivity contribution is 9.10. The van der Waals surface area contributed by atoms with E-state index in [-0.39, 0.29) is 0 Å². The van der Waals surface area contributed by atoms with Crippen molar-refractivity contribution in [2.75, 3.05) is 49.2 Å².